The van der Waals surface area contributed by atoms with Crippen LogP contribution in [0, 0.1) is 5.82 Å². The summed E-state index contributed by atoms with van der Waals surface area (Å²) in [5.41, 5.74) is 1.11. The van der Waals surface area contributed by atoms with E-state index in [4.69, 9.17) is 4.74 Å². The monoisotopic (exact) mass is 344 g/mol. The standard InChI is InChI=1S/C15H22BrFN2O/c1-3-18-14(15-10-19(2)6-7-20-15)9-11-4-5-13(17)12(16)8-11/h4-5,8,14-15,18H,3,6-7,9-10H2,1-2H3. The number of benzene rings is 1. The molecular weight excluding hydrogens is 323 g/mol. The molecule has 0 radical (unpaired) electrons. The largest absolute Gasteiger partial charge is 0.374 e. The molecule has 0 saturated carbocycles. The highest BCUT2D eigenvalue weighted by atomic mass is 79.9. The maximum absolute atomic E-state index is 13.3. The number of halogens is 2. The first-order valence-corrected chi connectivity index (χ1v) is 7.87. The molecule has 0 aromatic heterocycles. The van der Waals surface area contributed by atoms with Crippen molar-refractivity contribution in [2.45, 2.75) is 25.5 Å². The summed E-state index contributed by atoms with van der Waals surface area (Å²) in [5.74, 6) is -0.220. The molecule has 1 heterocycles. The molecule has 3 nitrogen and oxygen atoms in total. The van der Waals surface area contributed by atoms with Crippen molar-refractivity contribution in [2.75, 3.05) is 33.3 Å². The van der Waals surface area contributed by atoms with Crippen LogP contribution in [0.3, 0.4) is 0 Å². The van der Waals surface area contributed by atoms with Gasteiger partial charge in [-0.15, -0.1) is 0 Å². The highest BCUT2D eigenvalue weighted by Gasteiger charge is 2.26. The third kappa shape index (κ3) is 4.25. The number of ether oxygens (including phenoxy) is 1. The lowest BCUT2D eigenvalue weighted by molar-refractivity contribution is -0.0381. The van der Waals surface area contributed by atoms with Crippen LogP contribution < -0.4 is 5.32 Å². The van der Waals surface area contributed by atoms with Gasteiger partial charge in [-0.2, -0.15) is 0 Å². The van der Waals surface area contributed by atoms with Crippen LogP contribution in [0.25, 0.3) is 0 Å². The molecule has 1 fully saturated rings. The fourth-order valence-corrected chi connectivity index (χ4v) is 3.00. The zero-order chi connectivity index (χ0) is 14.5. The van der Waals surface area contributed by atoms with Crippen molar-refractivity contribution in [3.05, 3.63) is 34.1 Å². The van der Waals surface area contributed by atoms with E-state index < -0.39 is 0 Å². The highest BCUT2D eigenvalue weighted by Crippen LogP contribution is 2.19. The molecule has 1 aromatic rings. The third-order valence-electron chi connectivity index (χ3n) is 3.65. The first-order valence-electron chi connectivity index (χ1n) is 7.07. The van der Waals surface area contributed by atoms with Gasteiger partial charge in [0.25, 0.3) is 0 Å². The van der Waals surface area contributed by atoms with Crippen LogP contribution in [0.5, 0.6) is 0 Å². The molecule has 5 heteroatoms. The van der Waals surface area contributed by atoms with Gasteiger partial charge in [0.2, 0.25) is 0 Å². The van der Waals surface area contributed by atoms with Gasteiger partial charge in [-0.1, -0.05) is 13.0 Å². The van der Waals surface area contributed by atoms with E-state index in [0.29, 0.717) is 4.47 Å². The van der Waals surface area contributed by atoms with Gasteiger partial charge in [-0.05, 0) is 53.6 Å². The van der Waals surface area contributed by atoms with E-state index in [1.807, 2.05) is 12.1 Å². The molecule has 1 aliphatic rings. The maximum atomic E-state index is 13.3. The molecule has 20 heavy (non-hydrogen) atoms. The Morgan fingerprint density at radius 2 is 2.35 bits per heavy atom. The molecule has 0 bridgehead atoms. The first kappa shape index (κ1) is 15.9. The van der Waals surface area contributed by atoms with E-state index in [0.717, 1.165) is 38.2 Å². The van der Waals surface area contributed by atoms with E-state index in [1.54, 1.807) is 0 Å². The van der Waals surface area contributed by atoms with Crippen molar-refractivity contribution >= 4 is 15.9 Å². The Kier molecular flexibility index (Phi) is 5.96. The summed E-state index contributed by atoms with van der Waals surface area (Å²) in [6.45, 7) is 5.68. The quantitative estimate of drug-likeness (QED) is 0.887. The Morgan fingerprint density at radius 3 is 3.00 bits per heavy atom. The first-order chi connectivity index (χ1) is 9.60. The second kappa shape index (κ2) is 7.50. The van der Waals surface area contributed by atoms with Crippen molar-refractivity contribution in [1.82, 2.24) is 10.2 Å². The zero-order valence-corrected chi connectivity index (χ0v) is 13.6. The van der Waals surface area contributed by atoms with Crippen LogP contribution in [0.2, 0.25) is 0 Å². The average Bonchev–Trinajstić information content (AvgIpc) is 2.42. The number of rotatable bonds is 5. The van der Waals surface area contributed by atoms with E-state index in [-0.39, 0.29) is 18.0 Å². The minimum atomic E-state index is -0.220. The molecule has 0 spiro atoms. The molecule has 2 rings (SSSR count). The van der Waals surface area contributed by atoms with Crippen molar-refractivity contribution < 1.29 is 9.13 Å². The molecule has 1 aliphatic heterocycles. The predicted octanol–water partition coefficient (Wildman–Crippen LogP) is 2.44. The molecule has 0 amide bonds. The minimum absolute atomic E-state index is 0.178. The Hall–Kier alpha value is -0.490. The SMILES string of the molecule is CCNC(Cc1ccc(F)c(Br)c1)C1CN(C)CCO1. The zero-order valence-electron chi connectivity index (χ0n) is 12.0. The van der Waals surface area contributed by atoms with Gasteiger partial charge in [-0.3, -0.25) is 0 Å². The highest BCUT2D eigenvalue weighted by molar-refractivity contribution is 9.10. The summed E-state index contributed by atoms with van der Waals surface area (Å²) in [6.07, 6.45) is 1.02. The van der Waals surface area contributed by atoms with Crippen LogP contribution in [0.1, 0.15) is 12.5 Å². The van der Waals surface area contributed by atoms with Gasteiger partial charge in [0.05, 0.1) is 17.2 Å². The van der Waals surface area contributed by atoms with E-state index >= 15 is 0 Å². The molecule has 1 aromatic carbocycles. The fraction of sp³-hybridized carbons (Fsp3) is 0.600. The summed E-state index contributed by atoms with van der Waals surface area (Å²) < 4.78 is 19.7. The Labute approximate surface area is 128 Å². The normalized spacial score (nSPS) is 21.9. The summed E-state index contributed by atoms with van der Waals surface area (Å²) in [4.78, 5) is 2.29. The molecule has 112 valence electrons. The smallest absolute Gasteiger partial charge is 0.137 e. The number of hydrogen-bond acceptors (Lipinski definition) is 3. The Morgan fingerprint density at radius 1 is 1.55 bits per heavy atom. The minimum Gasteiger partial charge on any atom is -0.374 e. The predicted molar refractivity (Wildman–Crippen MR) is 82.5 cm³/mol. The topological polar surface area (TPSA) is 24.5 Å². The Bertz CT molecular complexity index is 444. The van der Waals surface area contributed by atoms with Crippen molar-refractivity contribution in [1.29, 1.82) is 0 Å². The number of hydrogen-bond donors (Lipinski definition) is 1. The van der Waals surface area contributed by atoms with Crippen LogP contribution >= 0.6 is 15.9 Å². The van der Waals surface area contributed by atoms with Gasteiger partial charge in [0, 0.05) is 19.1 Å². The third-order valence-corrected chi connectivity index (χ3v) is 4.26. The van der Waals surface area contributed by atoms with E-state index in [2.05, 4.69) is 40.1 Å². The number of nitrogens with zero attached hydrogens (tertiary/aromatic N) is 1. The molecule has 0 aliphatic carbocycles. The van der Waals surface area contributed by atoms with Gasteiger partial charge in [0.1, 0.15) is 5.82 Å². The molecule has 2 unspecified atom stereocenters. The summed E-state index contributed by atoms with van der Waals surface area (Å²) in [7, 11) is 2.12. The lowest BCUT2D eigenvalue weighted by Crippen LogP contribution is -2.52. The molecular formula is C15H22BrFN2O. The number of likely N-dealkylation sites (N-methyl/N-ethyl adjacent to an activating group) is 2. The summed E-state index contributed by atoms with van der Waals surface area (Å²) in [6, 6.07) is 5.46. The van der Waals surface area contributed by atoms with Crippen molar-refractivity contribution in [2.24, 2.45) is 0 Å². The number of morpholine rings is 1. The van der Waals surface area contributed by atoms with Crippen molar-refractivity contribution in [3.8, 4) is 0 Å². The fourth-order valence-electron chi connectivity index (χ4n) is 2.57. The summed E-state index contributed by atoms with van der Waals surface area (Å²) >= 11 is 3.25. The molecule has 1 N–H and O–H groups in total. The second-order valence-corrected chi connectivity index (χ2v) is 6.14. The van der Waals surface area contributed by atoms with Crippen LogP contribution in [0.15, 0.2) is 22.7 Å². The number of nitrogens with one attached hydrogen (secondary N) is 1. The van der Waals surface area contributed by atoms with Crippen LogP contribution in [-0.2, 0) is 11.2 Å². The van der Waals surface area contributed by atoms with Gasteiger partial charge in [0.15, 0.2) is 0 Å². The average molecular weight is 345 g/mol. The van der Waals surface area contributed by atoms with Crippen LogP contribution in [-0.4, -0.2) is 50.3 Å². The second-order valence-electron chi connectivity index (χ2n) is 5.29. The van der Waals surface area contributed by atoms with Gasteiger partial charge < -0.3 is 15.0 Å². The maximum Gasteiger partial charge on any atom is 0.137 e. The molecule has 2 atom stereocenters. The molecule has 1 saturated heterocycles. The summed E-state index contributed by atoms with van der Waals surface area (Å²) in [5, 5.41) is 3.49. The van der Waals surface area contributed by atoms with E-state index in [1.165, 1.54) is 6.07 Å². The Balaban J connectivity index is 2.06. The van der Waals surface area contributed by atoms with Crippen LogP contribution in [0.4, 0.5) is 4.39 Å². The van der Waals surface area contributed by atoms with Gasteiger partial charge in [-0.25, -0.2) is 4.39 Å². The van der Waals surface area contributed by atoms with E-state index in [9.17, 15) is 4.39 Å². The lowest BCUT2D eigenvalue weighted by atomic mass is 10.00. The lowest BCUT2D eigenvalue weighted by Gasteiger charge is -2.35. The van der Waals surface area contributed by atoms with Crippen molar-refractivity contribution in [3.63, 3.8) is 0 Å². The van der Waals surface area contributed by atoms with Gasteiger partial charge >= 0.3 is 0 Å².